The first-order valence-corrected chi connectivity index (χ1v) is 7.37. The van der Waals surface area contributed by atoms with Crippen molar-refractivity contribution in [3.05, 3.63) is 34.9 Å². The van der Waals surface area contributed by atoms with Crippen LogP contribution < -0.4 is 0 Å². The van der Waals surface area contributed by atoms with E-state index >= 15 is 0 Å². The van der Waals surface area contributed by atoms with E-state index in [0.717, 1.165) is 25.9 Å². The summed E-state index contributed by atoms with van der Waals surface area (Å²) in [7, 11) is 0. The van der Waals surface area contributed by atoms with Gasteiger partial charge >= 0.3 is 0 Å². The Labute approximate surface area is 115 Å². The highest BCUT2D eigenvalue weighted by Gasteiger charge is 2.32. The minimum atomic E-state index is 0.194. The molecule has 0 aliphatic carbocycles. The van der Waals surface area contributed by atoms with Crippen molar-refractivity contribution in [2.75, 3.05) is 6.61 Å². The van der Waals surface area contributed by atoms with Gasteiger partial charge in [-0.05, 0) is 49.8 Å². The average molecular weight is 267 g/mol. The zero-order valence-electron chi connectivity index (χ0n) is 11.6. The molecule has 3 unspecified atom stereocenters. The molecule has 1 aliphatic heterocycles. The van der Waals surface area contributed by atoms with Gasteiger partial charge in [-0.25, -0.2) is 0 Å². The van der Waals surface area contributed by atoms with Crippen LogP contribution in [0.3, 0.4) is 0 Å². The molecule has 0 N–H and O–H groups in total. The minimum Gasteiger partial charge on any atom is -0.378 e. The lowest BCUT2D eigenvalue weighted by molar-refractivity contribution is 0.0865. The predicted octanol–water partition coefficient (Wildman–Crippen LogP) is 4.27. The lowest BCUT2D eigenvalue weighted by atomic mass is 9.91. The van der Waals surface area contributed by atoms with E-state index in [2.05, 4.69) is 39.0 Å². The molecule has 0 radical (unpaired) electrons. The van der Waals surface area contributed by atoms with E-state index < -0.39 is 0 Å². The third-order valence-electron chi connectivity index (χ3n) is 4.13. The van der Waals surface area contributed by atoms with Crippen molar-refractivity contribution >= 4 is 11.6 Å². The highest BCUT2D eigenvalue weighted by molar-refractivity contribution is 6.21. The molecular formula is C16H23ClO. The van der Waals surface area contributed by atoms with Crippen molar-refractivity contribution in [3.8, 4) is 0 Å². The summed E-state index contributed by atoms with van der Waals surface area (Å²) in [6.07, 6.45) is 3.49. The molecular weight excluding hydrogens is 244 g/mol. The maximum atomic E-state index is 6.61. The van der Waals surface area contributed by atoms with E-state index in [0.29, 0.717) is 12.0 Å². The van der Waals surface area contributed by atoms with Crippen LogP contribution in [0.4, 0.5) is 0 Å². The standard InChI is InChI=1S/C16H23ClO/c1-4-16-14(7-8-18-16)15(17)10-13-6-5-11(2)12(3)9-13/h5-6,9,14-16H,4,7-8,10H2,1-3H3. The summed E-state index contributed by atoms with van der Waals surface area (Å²) in [4.78, 5) is 0. The van der Waals surface area contributed by atoms with Gasteiger partial charge in [-0.1, -0.05) is 25.1 Å². The number of hydrogen-bond donors (Lipinski definition) is 0. The van der Waals surface area contributed by atoms with E-state index in [9.17, 15) is 0 Å². The summed E-state index contributed by atoms with van der Waals surface area (Å²) in [5.41, 5.74) is 4.05. The minimum absolute atomic E-state index is 0.194. The molecule has 18 heavy (non-hydrogen) atoms. The van der Waals surface area contributed by atoms with Crippen LogP contribution in [0.2, 0.25) is 0 Å². The van der Waals surface area contributed by atoms with Crippen molar-refractivity contribution in [1.29, 1.82) is 0 Å². The normalized spacial score (nSPS) is 25.3. The molecule has 2 rings (SSSR count). The Morgan fingerprint density at radius 3 is 2.78 bits per heavy atom. The van der Waals surface area contributed by atoms with Crippen LogP contribution in [0.15, 0.2) is 18.2 Å². The monoisotopic (exact) mass is 266 g/mol. The molecule has 1 heterocycles. The summed E-state index contributed by atoms with van der Waals surface area (Å²) in [6, 6.07) is 6.66. The highest BCUT2D eigenvalue weighted by Crippen LogP contribution is 2.31. The number of alkyl halides is 1. The van der Waals surface area contributed by atoms with E-state index in [4.69, 9.17) is 16.3 Å². The second-order valence-electron chi connectivity index (χ2n) is 5.41. The van der Waals surface area contributed by atoms with Crippen LogP contribution in [0, 0.1) is 19.8 Å². The van der Waals surface area contributed by atoms with Gasteiger partial charge in [-0.15, -0.1) is 11.6 Å². The van der Waals surface area contributed by atoms with Crippen molar-refractivity contribution < 1.29 is 4.74 Å². The van der Waals surface area contributed by atoms with Crippen molar-refractivity contribution in [2.45, 2.75) is 51.5 Å². The molecule has 1 aromatic rings. The first kappa shape index (κ1) is 13.9. The van der Waals surface area contributed by atoms with Crippen molar-refractivity contribution in [1.82, 2.24) is 0 Å². The first-order valence-electron chi connectivity index (χ1n) is 6.93. The molecule has 0 amide bonds. The van der Waals surface area contributed by atoms with Crippen LogP contribution in [0.25, 0.3) is 0 Å². The van der Waals surface area contributed by atoms with E-state index in [1.807, 2.05) is 0 Å². The van der Waals surface area contributed by atoms with Gasteiger partial charge in [-0.2, -0.15) is 0 Å². The van der Waals surface area contributed by atoms with Gasteiger partial charge < -0.3 is 4.74 Å². The molecule has 1 nitrogen and oxygen atoms in total. The Balaban J connectivity index is 2.02. The van der Waals surface area contributed by atoms with Gasteiger partial charge in [0.1, 0.15) is 0 Å². The maximum absolute atomic E-state index is 6.61. The van der Waals surface area contributed by atoms with Gasteiger partial charge in [0.15, 0.2) is 0 Å². The second-order valence-corrected chi connectivity index (χ2v) is 5.97. The first-order chi connectivity index (χ1) is 8.61. The Bertz CT molecular complexity index is 402. The second kappa shape index (κ2) is 6.08. The third kappa shape index (κ3) is 3.07. The maximum Gasteiger partial charge on any atom is 0.0615 e. The summed E-state index contributed by atoms with van der Waals surface area (Å²) in [5, 5.41) is 0.194. The Morgan fingerprint density at radius 2 is 2.11 bits per heavy atom. The fraction of sp³-hybridized carbons (Fsp3) is 0.625. The average Bonchev–Trinajstić information content (AvgIpc) is 2.82. The fourth-order valence-corrected chi connectivity index (χ4v) is 3.27. The molecule has 1 aromatic carbocycles. The molecule has 3 atom stereocenters. The molecule has 0 spiro atoms. The van der Waals surface area contributed by atoms with Crippen molar-refractivity contribution in [3.63, 3.8) is 0 Å². The lowest BCUT2D eigenvalue weighted by Crippen LogP contribution is -2.25. The smallest absolute Gasteiger partial charge is 0.0615 e. The fourth-order valence-electron chi connectivity index (χ4n) is 2.81. The summed E-state index contributed by atoms with van der Waals surface area (Å²) in [6.45, 7) is 7.37. The van der Waals surface area contributed by atoms with Gasteiger partial charge in [0.05, 0.1) is 6.10 Å². The molecule has 1 aliphatic rings. The number of hydrogen-bond acceptors (Lipinski definition) is 1. The Morgan fingerprint density at radius 1 is 1.33 bits per heavy atom. The molecule has 0 bridgehead atoms. The van der Waals surface area contributed by atoms with Gasteiger partial charge in [0.2, 0.25) is 0 Å². The van der Waals surface area contributed by atoms with Crippen LogP contribution >= 0.6 is 11.6 Å². The molecule has 0 aromatic heterocycles. The Kier molecular flexibility index (Phi) is 4.69. The van der Waals surface area contributed by atoms with Crippen LogP contribution in [-0.4, -0.2) is 18.1 Å². The quantitative estimate of drug-likeness (QED) is 0.740. The van der Waals surface area contributed by atoms with E-state index in [1.54, 1.807) is 0 Å². The van der Waals surface area contributed by atoms with Gasteiger partial charge in [0.25, 0.3) is 0 Å². The zero-order chi connectivity index (χ0) is 13.1. The number of aryl methyl sites for hydroxylation is 2. The summed E-state index contributed by atoms with van der Waals surface area (Å²) in [5.74, 6) is 0.512. The largest absolute Gasteiger partial charge is 0.378 e. The number of ether oxygens (including phenoxy) is 1. The van der Waals surface area contributed by atoms with Crippen LogP contribution in [-0.2, 0) is 11.2 Å². The highest BCUT2D eigenvalue weighted by atomic mass is 35.5. The lowest BCUT2D eigenvalue weighted by Gasteiger charge is -2.22. The zero-order valence-corrected chi connectivity index (χ0v) is 12.3. The topological polar surface area (TPSA) is 9.23 Å². The van der Waals surface area contributed by atoms with Gasteiger partial charge in [0, 0.05) is 17.9 Å². The SMILES string of the molecule is CCC1OCCC1C(Cl)Cc1ccc(C)c(C)c1. The predicted molar refractivity (Wildman–Crippen MR) is 77.4 cm³/mol. The number of halogens is 1. The molecule has 1 saturated heterocycles. The van der Waals surface area contributed by atoms with Crippen LogP contribution in [0.5, 0.6) is 0 Å². The van der Waals surface area contributed by atoms with Crippen LogP contribution in [0.1, 0.15) is 36.5 Å². The van der Waals surface area contributed by atoms with E-state index in [-0.39, 0.29) is 5.38 Å². The summed E-state index contributed by atoms with van der Waals surface area (Å²) < 4.78 is 5.73. The molecule has 1 fully saturated rings. The number of benzene rings is 1. The molecule has 0 saturated carbocycles. The summed E-state index contributed by atoms with van der Waals surface area (Å²) >= 11 is 6.61. The van der Waals surface area contributed by atoms with Crippen molar-refractivity contribution in [2.24, 2.45) is 5.92 Å². The third-order valence-corrected chi connectivity index (χ3v) is 4.61. The molecule has 100 valence electrons. The molecule has 2 heteroatoms. The van der Waals surface area contributed by atoms with E-state index in [1.165, 1.54) is 16.7 Å². The number of rotatable bonds is 4. The Hall–Kier alpha value is -0.530. The van der Waals surface area contributed by atoms with Gasteiger partial charge in [-0.3, -0.25) is 0 Å².